The van der Waals surface area contributed by atoms with E-state index >= 15 is 0 Å². The molecule has 0 radical (unpaired) electrons. The quantitative estimate of drug-likeness (QED) is 0.466. The van der Waals surface area contributed by atoms with Gasteiger partial charge in [-0.2, -0.15) is 0 Å². The first-order chi connectivity index (χ1) is 15.8. The van der Waals surface area contributed by atoms with Crippen molar-refractivity contribution in [2.75, 3.05) is 13.1 Å². The van der Waals surface area contributed by atoms with Crippen molar-refractivity contribution in [2.45, 2.75) is 66.6 Å². The van der Waals surface area contributed by atoms with Gasteiger partial charge in [0, 0.05) is 17.2 Å². The van der Waals surface area contributed by atoms with Crippen LogP contribution in [0.1, 0.15) is 65.5 Å². The number of halogens is 1. The van der Waals surface area contributed by atoms with E-state index < -0.39 is 11.4 Å². The molecule has 33 heavy (non-hydrogen) atoms. The van der Waals surface area contributed by atoms with Crippen LogP contribution in [0.25, 0.3) is 0 Å². The van der Waals surface area contributed by atoms with Gasteiger partial charge >= 0.3 is 5.97 Å². The van der Waals surface area contributed by atoms with Crippen LogP contribution in [0.5, 0.6) is 0 Å². The molecule has 1 aromatic carbocycles. The summed E-state index contributed by atoms with van der Waals surface area (Å²) in [5.74, 6) is -0.0490. The molecule has 0 spiro atoms. The third-order valence-electron chi connectivity index (χ3n) is 5.23. The number of rotatable bonds is 5. The fourth-order valence-electron chi connectivity index (χ4n) is 3.31. The van der Waals surface area contributed by atoms with E-state index in [4.69, 9.17) is 5.11 Å². The van der Waals surface area contributed by atoms with E-state index in [1.54, 1.807) is 26.0 Å². The first-order valence-corrected chi connectivity index (χ1v) is 12.9. The molecular weight excluding hydrogens is 433 g/mol. The van der Waals surface area contributed by atoms with Gasteiger partial charge in [-0.3, -0.25) is 4.79 Å². The summed E-state index contributed by atoms with van der Waals surface area (Å²) in [5.41, 5.74) is 4.42. The molecule has 0 atom stereocenters. The number of hydrogen-bond acceptors (Lipinski definition) is 3. The number of allylic oxidation sites excluding steroid dienone is 7. The lowest BCUT2D eigenvalue weighted by Gasteiger charge is -2.21. The molecular formula is C28H40FNO2S. The van der Waals surface area contributed by atoms with Gasteiger partial charge < -0.3 is 10.4 Å². The average Bonchev–Trinajstić information content (AvgIpc) is 3.03. The zero-order chi connectivity index (χ0) is 24.9. The topological polar surface area (TPSA) is 49.3 Å². The Morgan fingerprint density at radius 1 is 1.24 bits per heavy atom. The Morgan fingerprint density at radius 3 is 2.61 bits per heavy atom. The molecule has 5 heteroatoms. The smallest absolute Gasteiger partial charge is 0.310 e. The highest BCUT2D eigenvalue weighted by atomic mass is 32.2. The third-order valence-corrected chi connectivity index (χ3v) is 6.38. The number of thioether (sulfide) groups is 1. The molecule has 0 saturated carbocycles. The summed E-state index contributed by atoms with van der Waals surface area (Å²) in [6.07, 6.45) is 14.0. The summed E-state index contributed by atoms with van der Waals surface area (Å²) >= 11 is 1.82. The normalized spacial score (nSPS) is 16.3. The largest absolute Gasteiger partial charge is 0.481 e. The monoisotopic (exact) mass is 473 g/mol. The summed E-state index contributed by atoms with van der Waals surface area (Å²) < 4.78 is 13.5. The van der Waals surface area contributed by atoms with E-state index in [2.05, 4.69) is 42.6 Å². The molecule has 1 aliphatic carbocycles. The van der Waals surface area contributed by atoms with Crippen molar-refractivity contribution in [3.8, 4) is 0 Å². The van der Waals surface area contributed by atoms with Crippen LogP contribution in [-0.4, -0.2) is 24.2 Å². The second kappa shape index (κ2) is 14.9. The van der Waals surface area contributed by atoms with Crippen LogP contribution in [-0.2, 0) is 17.0 Å². The standard InChI is InChI=1S/C19H19FS.C7H15NO2.C2H6/c1-2-6-15-11-14-9-10-17(20)12-16(14)13-21-19-8-5-3-4-7-18(15)19;1-4-8-5-7(2,3)6(9)10;1-2/h3-4,6-10,12H,2,5,11,13H2,1H3;8H,4-5H2,1-3H3,(H,9,10);1-2H3/b15-6+;;. The summed E-state index contributed by atoms with van der Waals surface area (Å²) in [7, 11) is 0. The van der Waals surface area contributed by atoms with Crippen LogP contribution in [0.3, 0.4) is 0 Å². The minimum Gasteiger partial charge on any atom is -0.481 e. The van der Waals surface area contributed by atoms with Crippen LogP contribution in [0.2, 0.25) is 0 Å². The molecule has 0 amide bonds. The number of benzene rings is 1. The van der Waals surface area contributed by atoms with E-state index in [1.165, 1.54) is 21.6 Å². The predicted octanol–water partition coefficient (Wildman–Crippen LogP) is 7.45. The molecule has 3 nitrogen and oxygen atoms in total. The van der Waals surface area contributed by atoms with E-state index in [1.807, 2.05) is 38.6 Å². The second-order valence-corrected chi connectivity index (χ2v) is 9.32. The summed E-state index contributed by atoms with van der Waals surface area (Å²) in [5, 5.41) is 11.6. The van der Waals surface area contributed by atoms with Gasteiger partial charge in [-0.05, 0) is 74.1 Å². The molecule has 0 fully saturated rings. The van der Waals surface area contributed by atoms with Crippen molar-refractivity contribution in [1.82, 2.24) is 5.32 Å². The zero-order valence-corrected chi connectivity index (χ0v) is 21.8. The maximum atomic E-state index is 13.5. The number of carboxylic acid groups (broad SMARTS) is 1. The molecule has 0 bridgehead atoms. The molecule has 0 saturated heterocycles. The maximum Gasteiger partial charge on any atom is 0.310 e. The SMILES string of the molecule is CC.CC/C=C1\Cc2ccc(F)cc2CSC2=CCC=CC=C21.CCNCC(C)(C)C(=O)O. The van der Waals surface area contributed by atoms with Crippen LogP contribution in [0.4, 0.5) is 4.39 Å². The van der Waals surface area contributed by atoms with Crippen LogP contribution in [0.15, 0.2) is 64.6 Å². The van der Waals surface area contributed by atoms with Gasteiger partial charge in [0.25, 0.3) is 0 Å². The Bertz CT molecular complexity index is 897. The number of carbonyl (C=O) groups is 1. The van der Waals surface area contributed by atoms with Crippen LogP contribution in [0, 0.1) is 11.2 Å². The summed E-state index contributed by atoms with van der Waals surface area (Å²) in [6, 6.07) is 5.21. The lowest BCUT2D eigenvalue weighted by molar-refractivity contribution is -0.146. The Balaban J connectivity index is 0.000000386. The predicted molar refractivity (Wildman–Crippen MR) is 141 cm³/mol. The second-order valence-electron chi connectivity index (χ2n) is 8.30. The minimum absolute atomic E-state index is 0.136. The number of fused-ring (bicyclic) bond motifs is 2. The lowest BCUT2D eigenvalue weighted by atomic mass is 9.93. The fraction of sp³-hybridized carbons (Fsp3) is 0.464. The van der Waals surface area contributed by atoms with Crippen molar-refractivity contribution in [1.29, 1.82) is 0 Å². The number of hydrogen-bond donors (Lipinski definition) is 2. The minimum atomic E-state index is -0.756. The highest BCUT2D eigenvalue weighted by Crippen LogP contribution is 2.38. The third kappa shape index (κ3) is 9.34. The fourth-order valence-corrected chi connectivity index (χ4v) is 4.46. The maximum absolute atomic E-state index is 13.5. The Labute approximate surface area is 203 Å². The van der Waals surface area contributed by atoms with Crippen molar-refractivity contribution < 1.29 is 14.3 Å². The first kappa shape index (κ1) is 28.9. The molecule has 0 unspecified atom stereocenters. The molecule has 2 aliphatic rings. The van der Waals surface area contributed by atoms with Gasteiger partial charge in [-0.25, -0.2) is 4.39 Å². The number of carboxylic acids is 1. The Morgan fingerprint density at radius 2 is 1.97 bits per heavy atom. The molecule has 1 heterocycles. The number of aliphatic carboxylic acids is 1. The van der Waals surface area contributed by atoms with E-state index in [0.717, 1.165) is 37.1 Å². The summed E-state index contributed by atoms with van der Waals surface area (Å²) in [6.45, 7) is 12.9. The zero-order valence-electron chi connectivity index (χ0n) is 21.0. The highest BCUT2D eigenvalue weighted by molar-refractivity contribution is 8.02. The van der Waals surface area contributed by atoms with Gasteiger partial charge in [0.1, 0.15) is 5.82 Å². The number of nitrogens with one attached hydrogen (secondary N) is 1. The van der Waals surface area contributed by atoms with Gasteiger partial charge in [-0.15, -0.1) is 11.8 Å². The van der Waals surface area contributed by atoms with Crippen LogP contribution >= 0.6 is 11.8 Å². The van der Waals surface area contributed by atoms with Crippen molar-refractivity contribution in [3.63, 3.8) is 0 Å². The van der Waals surface area contributed by atoms with Gasteiger partial charge in [0.15, 0.2) is 0 Å². The van der Waals surface area contributed by atoms with Gasteiger partial charge in [0.2, 0.25) is 0 Å². The van der Waals surface area contributed by atoms with Gasteiger partial charge in [0.05, 0.1) is 5.41 Å². The molecule has 1 aliphatic heterocycles. The average molecular weight is 474 g/mol. The molecule has 182 valence electrons. The van der Waals surface area contributed by atoms with Gasteiger partial charge in [-0.1, -0.05) is 64.1 Å². The van der Waals surface area contributed by atoms with E-state index in [-0.39, 0.29) is 5.82 Å². The van der Waals surface area contributed by atoms with E-state index in [9.17, 15) is 9.18 Å². The Kier molecular flexibility index (Phi) is 13.1. The molecule has 1 aromatic rings. The van der Waals surface area contributed by atoms with E-state index in [0.29, 0.717) is 6.54 Å². The van der Waals surface area contributed by atoms with Crippen molar-refractivity contribution >= 4 is 17.7 Å². The van der Waals surface area contributed by atoms with Crippen molar-refractivity contribution in [2.24, 2.45) is 5.41 Å². The first-order valence-electron chi connectivity index (χ1n) is 11.9. The molecule has 3 rings (SSSR count). The molecule has 0 aromatic heterocycles. The molecule has 2 N–H and O–H groups in total. The Hall–Kier alpha value is -2.11. The highest BCUT2D eigenvalue weighted by Gasteiger charge is 2.25. The summed E-state index contributed by atoms with van der Waals surface area (Å²) in [4.78, 5) is 11.8. The lowest BCUT2D eigenvalue weighted by Crippen LogP contribution is -2.35. The van der Waals surface area contributed by atoms with Crippen LogP contribution < -0.4 is 5.32 Å². The van der Waals surface area contributed by atoms with Crippen molar-refractivity contribution in [3.05, 3.63) is 81.6 Å².